The van der Waals surface area contributed by atoms with Crippen LogP contribution in [-0.2, 0) is 16.6 Å². The first kappa shape index (κ1) is 13.6. The number of halogens is 2. The summed E-state index contributed by atoms with van der Waals surface area (Å²) >= 11 is 0. The lowest BCUT2D eigenvalue weighted by molar-refractivity contribution is 0.573. The van der Waals surface area contributed by atoms with Crippen LogP contribution in [0.15, 0.2) is 53.4 Å². The maximum absolute atomic E-state index is 13.3. The third-order valence-electron chi connectivity index (χ3n) is 2.53. The molecule has 0 amide bonds. The van der Waals surface area contributed by atoms with E-state index in [2.05, 4.69) is 4.72 Å². The number of benzene rings is 2. The van der Waals surface area contributed by atoms with Crippen LogP contribution in [0.1, 0.15) is 5.56 Å². The Balaban J connectivity index is 2.14. The molecule has 0 bridgehead atoms. The monoisotopic (exact) mass is 283 g/mol. The Morgan fingerprint density at radius 2 is 1.58 bits per heavy atom. The van der Waals surface area contributed by atoms with Gasteiger partial charge in [0.1, 0.15) is 11.6 Å². The molecule has 3 nitrogen and oxygen atoms in total. The summed E-state index contributed by atoms with van der Waals surface area (Å²) in [7, 11) is -3.78. The van der Waals surface area contributed by atoms with Crippen LogP contribution in [0.2, 0.25) is 0 Å². The standard InChI is InChI=1S/C13H11F2NO2S/c14-11-5-7-12(8-6-11)19(17,18)16-9-10-3-1-2-4-13(10)15/h1-8,16H,9H2. The molecule has 0 saturated heterocycles. The number of hydrogen-bond donors (Lipinski definition) is 1. The maximum Gasteiger partial charge on any atom is 0.240 e. The molecule has 2 aromatic carbocycles. The number of nitrogens with one attached hydrogen (secondary N) is 1. The summed E-state index contributed by atoms with van der Waals surface area (Å²) in [6.07, 6.45) is 0. The fourth-order valence-corrected chi connectivity index (χ4v) is 2.52. The molecule has 0 heterocycles. The van der Waals surface area contributed by atoms with Crippen molar-refractivity contribution >= 4 is 10.0 Å². The van der Waals surface area contributed by atoms with Crippen molar-refractivity contribution in [2.45, 2.75) is 11.4 Å². The van der Waals surface area contributed by atoms with Crippen LogP contribution in [0.25, 0.3) is 0 Å². The van der Waals surface area contributed by atoms with E-state index in [0.717, 1.165) is 24.3 Å². The highest BCUT2D eigenvalue weighted by Gasteiger charge is 2.14. The molecule has 0 aliphatic rings. The summed E-state index contributed by atoms with van der Waals surface area (Å²) in [5.41, 5.74) is 0.244. The van der Waals surface area contributed by atoms with Crippen LogP contribution in [0, 0.1) is 11.6 Å². The lowest BCUT2D eigenvalue weighted by Crippen LogP contribution is -2.23. The summed E-state index contributed by atoms with van der Waals surface area (Å²) in [4.78, 5) is -0.0646. The Kier molecular flexibility index (Phi) is 3.92. The van der Waals surface area contributed by atoms with Gasteiger partial charge in [-0.05, 0) is 30.3 Å². The Labute approximate surface area is 109 Å². The van der Waals surface area contributed by atoms with Crippen molar-refractivity contribution in [2.24, 2.45) is 0 Å². The Bertz CT molecular complexity index is 669. The van der Waals surface area contributed by atoms with Crippen molar-refractivity contribution in [3.8, 4) is 0 Å². The smallest absolute Gasteiger partial charge is 0.207 e. The fourth-order valence-electron chi connectivity index (χ4n) is 1.51. The molecule has 0 aliphatic heterocycles. The molecule has 0 fully saturated rings. The van der Waals surface area contributed by atoms with Crippen LogP contribution in [-0.4, -0.2) is 8.42 Å². The van der Waals surface area contributed by atoms with Gasteiger partial charge in [-0.2, -0.15) is 0 Å². The SMILES string of the molecule is O=S(=O)(NCc1ccccc1F)c1ccc(F)cc1. The van der Waals surface area contributed by atoms with Gasteiger partial charge in [-0.25, -0.2) is 21.9 Å². The van der Waals surface area contributed by atoms with Crippen molar-refractivity contribution in [3.05, 3.63) is 65.7 Å². The van der Waals surface area contributed by atoms with E-state index in [9.17, 15) is 17.2 Å². The first-order valence-corrected chi connectivity index (χ1v) is 6.96. The van der Waals surface area contributed by atoms with Crippen molar-refractivity contribution in [1.82, 2.24) is 4.72 Å². The molecule has 0 unspecified atom stereocenters. The number of sulfonamides is 1. The third-order valence-corrected chi connectivity index (χ3v) is 3.95. The first-order chi connectivity index (χ1) is 8.99. The zero-order valence-electron chi connectivity index (χ0n) is 9.81. The average Bonchev–Trinajstić information content (AvgIpc) is 2.38. The highest BCUT2D eigenvalue weighted by atomic mass is 32.2. The molecular formula is C13H11F2NO2S. The molecule has 2 aromatic rings. The molecule has 100 valence electrons. The van der Waals surface area contributed by atoms with E-state index in [-0.39, 0.29) is 17.0 Å². The lowest BCUT2D eigenvalue weighted by Gasteiger charge is -2.07. The predicted molar refractivity (Wildman–Crippen MR) is 66.8 cm³/mol. The van der Waals surface area contributed by atoms with E-state index < -0.39 is 21.7 Å². The van der Waals surface area contributed by atoms with Gasteiger partial charge in [0.2, 0.25) is 10.0 Å². The zero-order chi connectivity index (χ0) is 13.9. The van der Waals surface area contributed by atoms with E-state index in [0.29, 0.717) is 0 Å². The second-order valence-corrected chi connectivity index (χ2v) is 5.64. The molecule has 0 saturated carbocycles. The van der Waals surface area contributed by atoms with Gasteiger partial charge in [-0.1, -0.05) is 18.2 Å². The molecule has 0 aliphatic carbocycles. The van der Waals surface area contributed by atoms with Crippen molar-refractivity contribution < 1.29 is 17.2 Å². The highest BCUT2D eigenvalue weighted by molar-refractivity contribution is 7.89. The molecule has 19 heavy (non-hydrogen) atoms. The van der Waals surface area contributed by atoms with Gasteiger partial charge in [-0.3, -0.25) is 0 Å². The predicted octanol–water partition coefficient (Wildman–Crippen LogP) is 2.44. The molecule has 0 atom stereocenters. The Morgan fingerprint density at radius 3 is 2.21 bits per heavy atom. The molecule has 0 spiro atoms. The maximum atomic E-state index is 13.3. The van der Waals surface area contributed by atoms with Gasteiger partial charge in [-0.15, -0.1) is 0 Å². The molecule has 6 heteroatoms. The van der Waals surface area contributed by atoms with Crippen molar-refractivity contribution in [2.75, 3.05) is 0 Å². The third kappa shape index (κ3) is 3.36. The van der Waals surface area contributed by atoms with Gasteiger partial charge in [0, 0.05) is 12.1 Å². The van der Waals surface area contributed by atoms with Gasteiger partial charge < -0.3 is 0 Å². The second kappa shape index (κ2) is 5.46. The highest BCUT2D eigenvalue weighted by Crippen LogP contribution is 2.11. The van der Waals surface area contributed by atoms with E-state index in [1.807, 2.05) is 0 Å². The van der Waals surface area contributed by atoms with Crippen LogP contribution < -0.4 is 4.72 Å². The quantitative estimate of drug-likeness (QED) is 0.936. The lowest BCUT2D eigenvalue weighted by atomic mass is 10.2. The fraction of sp³-hybridized carbons (Fsp3) is 0.0769. The Hall–Kier alpha value is -1.79. The normalized spacial score (nSPS) is 11.5. The van der Waals surface area contributed by atoms with Gasteiger partial charge >= 0.3 is 0 Å². The van der Waals surface area contributed by atoms with E-state index in [1.54, 1.807) is 6.07 Å². The summed E-state index contributed by atoms with van der Waals surface area (Å²) in [6, 6.07) is 10.3. The summed E-state index contributed by atoms with van der Waals surface area (Å²) < 4.78 is 52.1. The second-order valence-electron chi connectivity index (χ2n) is 3.87. The topological polar surface area (TPSA) is 46.2 Å². The van der Waals surface area contributed by atoms with Crippen LogP contribution >= 0.6 is 0 Å². The zero-order valence-corrected chi connectivity index (χ0v) is 10.6. The summed E-state index contributed by atoms with van der Waals surface area (Å²) in [5.74, 6) is -1.00. The first-order valence-electron chi connectivity index (χ1n) is 5.48. The molecule has 2 rings (SSSR count). The minimum absolute atomic E-state index is 0.0646. The molecular weight excluding hydrogens is 272 g/mol. The molecule has 0 aromatic heterocycles. The van der Waals surface area contributed by atoms with E-state index in [4.69, 9.17) is 0 Å². The average molecular weight is 283 g/mol. The van der Waals surface area contributed by atoms with E-state index >= 15 is 0 Å². The van der Waals surface area contributed by atoms with Gasteiger partial charge in [0.25, 0.3) is 0 Å². The molecule has 0 radical (unpaired) electrons. The van der Waals surface area contributed by atoms with E-state index in [1.165, 1.54) is 18.2 Å². The number of rotatable bonds is 4. The van der Waals surface area contributed by atoms with Gasteiger partial charge in [0.15, 0.2) is 0 Å². The Morgan fingerprint density at radius 1 is 0.947 bits per heavy atom. The largest absolute Gasteiger partial charge is 0.240 e. The van der Waals surface area contributed by atoms with Crippen LogP contribution in [0.4, 0.5) is 8.78 Å². The number of hydrogen-bond acceptors (Lipinski definition) is 2. The van der Waals surface area contributed by atoms with Gasteiger partial charge in [0.05, 0.1) is 4.90 Å². The van der Waals surface area contributed by atoms with Crippen LogP contribution in [0.5, 0.6) is 0 Å². The minimum atomic E-state index is -3.78. The van der Waals surface area contributed by atoms with Crippen LogP contribution in [0.3, 0.4) is 0 Å². The summed E-state index contributed by atoms with van der Waals surface area (Å²) in [5, 5.41) is 0. The summed E-state index contributed by atoms with van der Waals surface area (Å²) in [6.45, 7) is -0.160. The minimum Gasteiger partial charge on any atom is -0.207 e. The van der Waals surface area contributed by atoms with Crippen molar-refractivity contribution in [3.63, 3.8) is 0 Å². The molecule has 1 N–H and O–H groups in total. The van der Waals surface area contributed by atoms with Crippen molar-refractivity contribution in [1.29, 1.82) is 0 Å².